The van der Waals surface area contributed by atoms with Gasteiger partial charge in [-0.3, -0.25) is 9.59 Å². The van der Waals surface area contributed by atoms with E-state index in [0.29, 0.717) is 30.9 Å². The number of nitrogens with zero attached hydrogens (tertiary/aromatic N) is 1. The summed E-state index contributed by atoms with van der Waals surface area (Å²) in [6, 6.07) is 12.5. The van der Waals surface area contributed by atoms with Crippen molar-refractivity contribution in [3.8, 4) is 5.88 Å². The van der Waals surface area contributed by atoms with Crippen molar-refractivity contribution < 1.29 is 19.4 Å². The number of carboxylic acid groups (broad SMARTS) is 1. The second-order valence-electron chi connectivity index (χ2n) is 6.11. The molecule has 6 heteroatoms. The van der Waals surface area contributed by atoms with Crippen LogP contribution in [0, 0.1) is 5.92 Å². The van der Waals surface area contributed by atoms with Gasteiger partial charge >= 0.3 is 5.97 Å². The lowest BCUT2D eigenvalue weighted by molar-refractivity contribution is -0.142. The Hall–Kier alpha value is -2.89. The first-order valence-corrected chi connectivity index (χ1v) is 8.30. The van der Waals surface area contributed by atoms with E-state index in [-0.39, 0.29) is 11.9 Å². The second kappa shape index (κ2) is 7.79. The van der Waals surface area contributed by atoms with Gasteiger partial charge in [0.1, 0.15) is 6.61 Å². The van der Waals surface area contributed by atoms with Gasteiger partial charge in [0, 0.05) is 23.9 Å². The molecule has 2 atom stereocenters. The predicted molar refractivity (Wildman–Crippen MR) is 91.2 cm³/mol. The molecular formula is C19H20N2O4. The predicted octanol–water partition coefficient (Wildman–Crippen LogP) is 2.64. The Labute approximate surface area is 145 Å². The standard InChI is InChI=1S/C19H20N2O4/c22-18(21-16-8-4-7-15(16)19(23)24)14-9-10-20-17(11-14)25-12-13-5-2-1-3-6-13/h1-3,5-6,9-11,15-16H,4,7-8,12H2,(H,21,22)(H,23,24)/t15-,16+/m1/s1. The molecule has 0 bridgehead atoms. The molecule has 2 N–H and O–H groups in total. The van der Waals surface area contributed by atoms with E-state index in [2.05, 4.69) is 10.3 Å². The van der Waals surface area contributed by atoms with Gasteiger partial charge in [0.15, 0.2) is 0 Å². The minimum atomic E-state index is -0.857. The van der Waals surface area contributed by atoms with Crippen molar-refractivity contribution in [2.45, 2.75) is 31.9 Å². The Bertz CT molecular complexity index is 748. The number of ether oxygens (including phenoxy) is 1. The number of hydrogen-bond donors (Lipinski definition) is 2. The van der Waals surface area contributed by atoms with Gasteiger partial charge in [0.05, 0.1) is 5.92 Å². The maximum Gasteiger partial charge on any atom is 0.308 e. The van der Waals surface area contributed by atoms with E-state index >= 15 is 0 Å². The number of hydrogen-bond acceptors (Lipinski definition) is 4. The van der Waals surface area contributed by atoms with Crippen molar-refractivity contribution in [2.75, 3.05) is 0 Å². The fraction of sp³-hybridized carbons (Fsp3) is 0.316. The van der Waals surface area contributed by atoms with Crippen LogP contribution in [0.25, 0.3) is 0 Å². The Morgan fingerprint density at radius 2 is 2.00 bits per heavy atom. The molecule has 0 radical (unpaired) electrons. The number of amides is 1. The fourth-order valence-corrected chi connectivity index (χ4v) is 3.04. The quantitative estimate of drug-likeness (QED) is 0.844. The van der Waals surface area contributed by atoms with Crippen LogP contribution in [-0.4, -0.2) is 28.0 Å². The molecule has 1 aliphatic carbocycles. The monoisotopic (exact) mass is 340 g/mol. The van der Waals surface area contributed by atoms with Gasteiger partial charge in [0.25, 0.3) is 5.91 Å². The zero-order chi connectivity index (χ0) is 17.6. The highest BCUT2D eigenvalue weighted by molar-refractivity contribution is 5.94. The van der Waals surface area contributed by atoms with Gasteiger partial charge in [0.2, 0.25) is 5.88 Å². The molecule has 1 fully saturated rings. The maximum absolute atomic E-state index is 12.4. The number of carbonyl (C=O) groups is 2. The van der Waals surface area contributed by atoms with Crippen LogP contribution < -0.4 is 10.1 Å². The molecule has 2 aromatic rings. The molecule has 3 rings (SSSR count). The van der Waals surface area contributed by atoms with Crippen LogP contribution in [0.5, 0.6) is 5.88 Å². The number of aromatic nitrogens is 1. The van der Waals surface area contributed by atoms with Gasteiger partial charge in [-0.25, -0.2) is 4.98 Å². The summed E-state index contributed by atoms with van der Waals surface area (Å²) in [7, 11) is 0. The normalized spacial score (nSPS) is 19.4. The molecule has 6 nitrogen and oxygen atoms in total. The largest absolute Gasteiger partial charge is 0.481 e. The van der Waals surface area contributed by atoms with Crippen LogP contribution in [-0.2, 0) is 11.4 Å². The summed E-state index contributed by atoms with van der Waals surface area (Å²) in [6.45, 7) is 0.364. The summed E-state index contributed by atoms with van der Waals surface area (Å²) in [5.74, 6) is -1.31. The molecule has 0 spiro atoms. The van der Waals surface area contributed by atoms with Crippen LogP contribution in [0.4, 0.5) is 0 Å². The highest BCUT2D eigenvalue weighted by Crippen LogP contribution is 2.26. The number of carboxylic acids is 1. The number of rotatable bonds is 6. The first kappa shape index (κ1) is 17.0. The average Bonchev–Trinajstić information content (AvgIpc) is 3.09. The minimum Gasteiger partial charge on any atom is -0.481 e. The lowest BCUT2D eigenvalue weighted by Crippen LogP contribution is -2.40. The number of benzene rings is 1. The Kier molecular flexibility index (Phi) is 5.28. The third-order valence-corrected chi connectivity index (χ3v) is 4.38. The summed E-state index contributed by atoms with van der Waals surface area (Å²) in [6.07, 6.45) is 3.61. The van der Waals surface area contributed by atoms with E-state index < -0.39 is 11.9 Å². The Morgan fingerprint density at radius 3 is 2.76 bits per heavy atom. The second-order valence-corrected chi connectivity index (χ2v) is 6.11. The summed E-state index contributed by atoms with van der Waals surface area (Å²) in [5, 5.41) is 12.0. The molecule has 0 saturated heterocycles. The van der Waals surface area contributed by atoms with Gasteiger partial charge in [-0.15, -0.1) is 0 Å². The molecule has 1 heterocycles. The van der Waals surface area contributed by atoms with Gasteiger partial charge < -0.3 is 15.2 Å². The smallest absolute Gasteiger partial charge is 0.308 e. The lowest BCUT2D eigenvalue weighted by Gasteiger charge is -2.17. The van der Waals surface area contributed by atoms with Gasteiger partial charge in [-0.1, -0.05) is 36.8 Å². The zero-order valence-electron chi connectivity index (χ0n) is 13.7. The third-order valence-electron chi connectivity index (χ3n) is 4.38. The maximum atomic E-state index is 12.4. The zero-order valence-corrected chi connectivity index (χ0v) is 13.7. The van der Waals surface area contributed by atoms with Crippen molar-refractivity contribution in [3.05, 3.63) is 59.8 Å². The first-order chi connectivity index (χ1) is 12.1. The molecule has 130 valence electrons. The molecule has 1 aromatic carbocycles. The van der Waals surface area contributed by atoms with Crippen LogP contribution in [0.2, 0.25) is 0 Å². The Balaban J connectivity index is 1.62. The lowest BCUT2D eigenvalue weighted by atomic mass is 10.0. The summed E-state index contributed by atoms with van der Waals surface area (Å²) in [4.78, 5) is 27.7. The first-order valence-electron chi connectivity index (χ1n) is 8.30. The number of nitrogens with one attached hydrogen (secondary N) is 1. The number of pyridine rings is 1. The molecule has 1 aromatic heterocycles. The van der Waals surface area contributed by atoms with Crippen molar-refractivity contribution in [1.82, 2.24) is 10.3 Å². The minimum absolute atomic E-state index is 0.301. The number of aliphatic carboxylic acids is 1. The van der Waals surface area contributed by atoms with E-state index in [9.17, 15) is 14.7 Å². The third kappa shape index (κ3) is 4.35. The molecule has 1 amide bonds. The highest BCUT2D eigenvalue weighted by Gasteiger charge is 2.34. The highest BCUT2D eigenvalue weighted by atomic mass is 16.5. The van der Waals surface area contributed by atoms with E-state index in [0.717, 1.165) is 12.0 Å². The van der Waals surface area contributed by atoms with E-state index in [4.69, 9.17) is 4.74 Å². The molecule has 0 aliphatic heterocycles. The van der Waals surface area contributed by atoms with Crippen LogP contribution in [0.3, 0.4) is 0 Å². The van der Waals surface area contributed by atoms with Crippen LogP contribution in [0.15, 0.2) is 48.7 Å². The fourth-order valence-electron chi connectivity index (χ4n) is 3.04. The van der Waals surface area contributed by atoms with Crippen LogP contribution >= 0.6 is 0 Å². The number of carbonyl (C=O) groups excluding carboxylic acids is 1. The molecule has 1 saturated carbocycles. The van der Waals surface area contributed by atoms with E-state index in [1.54, 1.807) is 12.1 Å². The summed E-state index contributed by atoms with van der Waals surface area (Å²) < 4.78 is 5.63. The SMILES string of the molecule is O=C(N[C@H]1CCC[C@H]1C(=O)O)c1ccnc(OCc2ccccc2)c1. The van der Waals surface area contributed by atoms with Crippen molar-refractivity contribution in [2.24, 2.45) is 5.92 Å². The summed E-state index contributed by atoms with van der Waals surface area (Å²) in [5.41, 5.74) is 1.42. The Morgan fingerprint density at radius 1 is 1.20 bits per heavy atom. The van der Waals surface area contributed by atoms with Crippen molar-refractivity contribution in [3.63, 3.8) is 0 Å². The van der Waals surface area contributed by atoms with Gasteiger partial charge in [-0.2, -0.15) is 0 Å². The molecule has 25 heavy (non-hydrogen) atoms. The van der Waals surface area contributed by atoms with Gasteiger partial charge in [-0.05, 0) is 24.5 Å². The van der Waals surface area contributed by atoms with E-state index in [1.807, 2.05) is 30.3 Å². The topological polar surface area (TPSA) is 88.5 Å². The summed E-state index contributed by atoms with van der Waals surface area (Å²) >= 11 is 0. The van der Waals surface area contributed by atoms with Crippen molar-refractivity contribution in [1.29, 1.82) is 0 Å². The van der Waals surface area contributed by atoms with Crippen LogP contribution in [0.1, 0.15) is 35.2 Å². The molecular weight excluding hydrogens is 320 g/mol. The molecule has 1 aliphatic rings. The van der Waals surface area contributed by atoms with E-state index in [1.165, 1.54) is 6.20 Å². The average molecular weight is 340 g/mol. The molecule has 0 unspecified atom stereocenters. The van der Waals surface area contributed by atoms with Crippen molar-refractivity contribution >= 4 is 11.9 Å².